The van der Waals surface area contributed by atoms with E-state index in [1.807, 2.05) is 0 Å². The van der Waals surface area contributed by atoms with E-state index < -0.39 is 11.8 Å². The van der Waals surface area contributed by atoms with Gasteiger partial charge in [0.25, 0.3) is 0 Å². The van der Waals surface area contributed by atoms with E-state index in [0.29, 0.717) is 10.3 Å². The molecule has 2 aromatic rings. The van der Waals surface area contributed by atoms with Crippen LogP contribution in [0.4, 0.5) is 4.39 Å². The molecule has 1 aromatic carbocycles. The molecule has 0 amide bonds. The Morgan fingerprint density at radius 2 is 2.21 bits per heavy atom. The molecule has 0 atom stereocenters. The summed E-state index contributed by atoms with van der Waals surface area (Å²) in [5.41, 5.74) is -0.165. The van der Waals surface area contributed by atoms with Gasteiger partial charge in [0.15, 0.2) is 0 Å². The first kappa shape index (κ1) is 13.4. The summed E-state index contributed by atoms with van der Waals surface area (Å²) in [6, 6.07) is 3.79. The number of halogens is 2. The number of aromatic nitrogens is 2. The van der Waals surface area contributed by atoms with Gasteiger partial charge < -0.3 is 9.84 Å². The van der Waals surface area contributed by atoms with Gasteiger partial charge >= 0.3 is 5.97 Å². The predicted molar refractivity (Wildman–Crippen MR) is 67.9 cm³/mol. The number of aromatic carboxylic acids is 1. The third kappa shape index (κ3) is 3.05. The van der Waals surface area contributed by atoms with Crippen molar-refractivity contribution in [2.45, 2.75) is 6.92 Å². The maximum absolute atomic E-state index is 13.0. The third-order valence-electron chi connectivity index (χ3n) is 2.21. The summed E-state index contributed by atoms with van der Waals surface area (Å²) < 4.78 is 18.7. The summed E-state index contributed by atoms with van der Waals surface area (Å²) >= 11 is 3.13. The van der Waals surface area contributed by atoms with Gasteiger partial charge in [-0.05, 0) is 41.1 Å². The average Bonchev–Trinajstić information content (AvgIpc) is 2.32. The molecule has 2 rings (SSSR count). The van der Waals surface area contributed by atoms with Crippen LogP contribution in [-0.2, 0) is 0 Å². The minimum absolute atomic E-state index is 0.0905. The second-order valence-corrected chi connectivity index (χ2v) is 4.47. The zero-order valence-corrected chi connectivity index (χ0v) is 11.3. The summed E-state index contributed by atoms with van der Waals surface area (Å²) in [5, 5.41) is 9.02. The summed E-state index contributed by atoms with van der Waals surface area (Å²) in [4.78, 5) is 18.8. The lowest BCUT2D eigenvalue weighted by molar-refractivity contribution is 0.0692. The van der Waals surface area contributed by atoms with Crippen LogP contribution >= 0.6 is 15.9 Å². The normalized spacial score (nSPS) is 10.3. The molecule has 98 valence electrons. The molecule has 1 N–H and O–H groups in total. The summed E-state index contributed by atoms with van der Waals surface area (Å²) in [6.45, 7) is 1.61. The number of nitrogens with zero attached hydrogens (tertiary/aromatic N) is 2. The molecule has 0 saturated carbocycles. The highest BCUT2D eigenvalue weighted by Crippen LogP contribution is 2.30. The van der Waals surface area contributed by atoms with Gasteiger partial charge in [0.1, 0.15) is 23.0 Å². The number of hydrogen-bond acceptors (Lipinski definition) is 4. The average molecular weight is 327 g/mol. The first-order valence-electron chi connectivity index (χ1n) is 5.17. The zero-order valence-electron chi connectivity index (χ0n) is 9.72. The number of benzene rings is 1. The number of rotatable bonds is 3. The van der Waals surface area contributed by atoms with E-state index in [1.54, 1.807) is 6.92 Å². The molecule has 0 spiro atoms. The van der Waals surface area contributed by atoms with Gasteiger partial charge in [-0.2, -0.15) is 4.98 Å². The molecular weight excluding hydrogens is 319 g/mol. The van der Waals surface area contributed by atoms with E-state index in [9.17, 15) is 9.18 Å². The zero-order chi connectivity index (χ0) is 14.0. The summed E-state index contributed by atoms with van der Waals surface area (Å²) in [5.74, 6) is -1.09. The quantitative estimate of drug-likeness (QED) is 0.937. The van der Waals surface area contributed by atoms with Crippen molar-refractivity contribution >= 4 is 21.9 Å². The molecule has 0 aliphatic heterocycles. The molecule has 1 heterocycles. The van der Waals surface area contributed by atoms with Crippen molar-refractivity contribution in [1.82, 2.24) is 9.97 Å². The monoisotopic (exact) mass is 326 g/mol. The molecule has 0 fully saturated rings. The van der Waals surface area contributed by atoms with Crippen molar-refractivity contribution < 1.29 is 19.0 Å². The smallest absolute Gasteiger partial charge is 0.342 e. The van der Waals surface area contributed by atoms with Crippen molar-refractivity contribution in [2.75, 3.05) is 0 Å². The van der Waals surface area contributed by atoms with Gasteiger partial charge in [0, 0.05) is 6.20 Å². The van der Waals surface area contributed by atoms with Crippen molar-refractivity contribution in [1.29, 1.82) is 0 Å². The van der Waals surface area contributed by atoms with Crippen molar-refractivity contribution in [3.05, 3.63) is 46.1 Å². The molecule has 5 nitrogen and oxygen atoms in total. The highest BCUT2D eigenvalue weighted by molar-refractivity contribution is 9.10. The highest BCUT2D eigenvalue weighted by Gasteiger charge is 2.16. The van der Waals surface area contributed by atoms with Gasteiger partial charge in [-0.1, -0.05) is 0 Å². The van der Waals surface area contributed by atoms with Gasteiger partial charge in [0.2, 0.25) is 5.88 Å². The third-order valence-corrected chi connectivity index (χ3v) is 2.82. The topological polar surface area (TPSA) is 72.3 Å². The van der Waals surface area contributed by atoms with Crippen LogP contribution < -0.4 is 4.74 Å². The fraction of sp³-hybridized carbons (Fsp3) is 0.0833. The van der Waals surface area contributed by atoms with E-state index in [-0.39, 0.29) is 17.2 Å². The minimum atomic E-state index is -1.20. The van der Waals surface area contributed by atoms with Crippen LogP contribution in [0.25, 0.3) is 0 Å². The molecule has 0 saturated heterocycles. The van der Waals surface area contributed by atoms with E-state index in [1.165, 1.54) is 18.2 Å². The van der Waals surface area contributed by atoms with Crippen molar-refractivity contribution in [2.24, 2.45) is 0 Å². The fourth-order valence-corrected chi connectivity index (χ4v) is 1.77. The molecule has 0 unspecified atom stereocenters. The molecule has 19 heavy (non-hydrogen) atoms. The Morgan fingerprint density at radius 3 is 2.84 bits per heavy atom. The Kier molecular flexibility index (Phi) is 3.75. The van der Waals surface area contributed by atoms with Crippen LogP contribution in [-0.4, -0.2) is 21.0 Å². The van der Waals surface area contributed by atoms with Crippen LogP contribution in [0.15, 0.2) is 28.9 Å². The van der Waals surface area contributed by atoms with E-state index in [4.69, 9.17) is 9.84 Å². The first-order chi connectivity index (χ1) is 8.97. The lowest BCUT2D eigenvalue weighted by atomic mass is 10.3. The standard InChI is InChI=1S/C12H8BrFN2O3/c1-6-15-5-8(12(17)18)11(16-6)19-10-3-2-7(14)4-9(10)13/h2-5H,1H3,(H,17,18). The molecule has 0 aliphatic rings. The van der Waals surface area contributed by atoms with Crippen LogP contribution in [0.1, 0.15) is 16.2 Å². The SMILES string of the molecule is Cc1ncc(C(=O)O)c(Oc2ccc(F)cc2Br)n1. The lowest BCUT2D eigenvalue weighted by Crippen LogP contribution is -2.04. The number of carbonyl (C=O) groups is 1. The minimum Gasteiger partial charge on any atom is -0.477 e. The fourth-order valence-electron chi connectivity index (χ4n) is 1.34. The lowest BCUT2D eigenvalue weighted by Gasteiger charge is -2.09. The van der Waals surface area contributed by atoms with Gasteiger partial charge in [-0.25, -0.2) is 14.2 Å². The van der Waals surface area contributed by atoms with Crippen molar-refractivity contribution in [3.8, 4) is 11.6 Å². The first-order valence-corrected chi connectivity index (χ1v) is 5.96. The van der Waals surface area contributed by atoms with Crippen LogP contribution in [0, 0.1) is 12.7 Å². The van der Waals surface area contributed by atoms with Crippen LogP contribution in [0.2, 0.25) is 0 Å². The van der Waals surface area contributed by atoms with E-state index in [2.05, 4.69) is 25.9 Å². The summed E-state index contributed by atoms with van der Waals surface area (Å²) in [7, 11) is 0. The molecular formula is C12H8BrFN2O3. The Hall–Kier alpha value is -2.02. The predicted octanol–water partition coefficient (Wildman–Crippen LogP) is 3.18. The van der Waals surface area contributed by atoms with Crippen LogP contribution in [0.3, 0.4) is 0 Å². The Labute approximate surface area is 116 Å². The number of carboxylic acid groups (broad SMARTS) is 1. The molecule has 1 aromatic heterocycles. The molecule has 0 aliphatic carbocycles. The van der Waals surface area contributed by atoms with Gasteiger partial charge in [-0.15, -0.1) is 0 Å². The molecule has 0 radical (unpaired) electrons. The Bertz CT molecular complexity index is 649. The maximum atomic E-state index is 13.0. The highest BCUT2D eigenvalue weighted by atomic mass is 79.9. The summed E-state index contributed by atoms with van der Waals surface area (Å²) in [6.07, 6.45) is 1.16. The van der Waals surface area contributed by atoms with Crippen molar-refractivity contribution in [3.63, 3.8) is 0 Å². The maximum Gasteiger partial charge on any atom is 0.342 e. The Balaban J connectivity index is 2.42. The van der Waals surface area contributed by atoms with E-state index in [0.717, 1.165) is 6.20 Å². The van der Waals surface area contributed by atoms with E-state index >= 15 is 0 Å². The molecule has 0 bridgehead atoms. The van der Waals surface area contributed by atoms with Gasteiger partial charge in [-0.3, -0.25) is 0 Å². The number of ether oxygens (including phenoxy) is 1. The second-order valence-electron chi connectivity index (χ2n) is 3.62. The Morgan fingerprint density at radius 1 is 1.47 bits per heavy atom. The number of aryl methyl sites for hydroxylation is 1. The van der Waals surface area contributed by atoms with Crippen LogP contribution in [0.5, 0.6) is 11.6 Å². The second kappa shape index (κ2) is 5.31. The molecule has 7 heteroatoms. The van der Waals surface area contributed by atoms with Gasteiger partial charge in [0.05, 0.1) is 4.47 Å². The number of carboxylic acids is 1. The number of hydrogen-bond donors (Lipinski definition) is 1. The largest absolute Gasteiger partial charge is 0.477 e.